The second-order valence-corrected chi connectivity index (χ2v) is 5.60. The number of aromatic nitrogens is 1. The van der Waals surface area contributed by atoms with Gasteiger partial charge in [0.25, 0.3) is 5.91 Å². The van der Waals surface area contributed by atoms with Gasteiger partial charge in [-0.3, -0.25) is 9.59 Å². The number of anilines is 1. The first kappa shape index (κ1) is 14.5. The van der Waals surface area contributed by atoms with Crippen molar-refractivity contribution in [2.75, 3.05) is 12.4 Å². The van der Waals surface area contributed by atoms with Crippen LogP contribution in [-0.2, 0) is 4.79 Å². The Kier molecular flexibility index (Phi) is 4.06. The maximum Gasteiger partial charge on any atom is 0.255 e. The van der Waals surface area contributed by atoms with E-state index in [9.17, 15) is 9.59 Å². The summed E-state index contributed by atoms with van der Waals surface area (Å²) in [4.78, 5) is 23.5. The minimum Gasteiger partial charge on any atom is -0.479 e. The van der Waals surface area contributed by atoms with Crippen LogP contribution in [0.25, 0.3) is 0 Å². The van der Waals surface area contributed by atoms with Crippen molar-refractivity contribution in [1.82, 2.24) is 9.69 Å². The third-order valence-corrected chi connectivity index (χ3v) is 4.16. The van der Waals surface area contributed by atoms with Crippen LogP contribution in [0, 0.1) is 0 Å². The van der Waals surface area contributed by atoms with Gasteiger partial charge in [0, 0.05) is 17.4 Å². The number of ether oxygens (including phenoxy) is 1. The minimum atomic E-state index is -0.222. The Morgan fingerprint density at radius 3 is 2.82 bits per heavy atom. The van der Waals surface area contributed by atoms with E-state index in [1.165, 1.54) is 18.6 Å². The summed E-state index contributed by atoms with van der Waals surface area (Å²) in [6.07, 6.45) is 1.35. The lowest BCUT2D eigenvalue weighted by Crippen LogP contribution is -2.18. The van der Waals surface area contributed by atoms with Crippen molar-refractivity contribution in [2.45, 2.75) is 18.9 Å². The van der Waals surface area contributed by atoms with Crippen LogP contribution in [0.5, 0.6) is 5.88 Å². The molecule has 3 rings (SSSR count). The number of benzene rings is 1. The first-order valence-electron chi connectivity index (χ1n) is 6.86. The molecule has 1 atom stereocenters. The topological polar surface area (TPSA) is 80.3 Å². The molecule has 1 saturated heterocycles. The molecule has 0 aliphatic carbocycles. The summed E-state index contributed by atoms with van der Waals surface area (Å²) in [6, 6.07) is 7.29. The van der Waals surface area contributed by atoms with Gasteiger partial charge in [0.05, 0.1) is 13.2 Å². The molecule has 1 aromatic heterocycles. The summed E-state index contributed by atoms with van der Waals surface area (Å²) in [6.45, 7) is 0. The number of hydrogen-bond donors (Lipinski definition) is 2. The second kappa shape index (κ2) is 6.15. The normalized spacial score (nSPS) is 17.1. The first-order valence-corrected chi connectivity index (χ1v) is 7.70. The van der Waals surface area contributed by atoms with Crippen LogP contribution in [0.1, 0.15) is 34.8 Å². The number of nitrogens with zero attached hydrogens (tertiary/aromatic N) is 1. The largest absolute Gasteiger partial charge is 0.479 e. The molecule has 2 amide bonds. The molecule has 2 heterocycles. The molecule has 1 fully saturated rings. The van der Waals surface area contributed by atoms with E-state index in [0.29, 0.717) is 23.6 Å². The highest BCUT2D eigenvalue weighted by molar-refractivity contribution is 7.04. The zero-order valence-electron chi connectivity index (χ0n) is 12.0. The molecule has 1 aliphatic heterocycles. The smallest absolute Gasteiger partial charge is 0.255 e. The predicted octanol–water partition coefficient (Wildman–Crippen LogP) is 2.36. The van der Waals surface area contributed by atoms with Crippen LogP contribution in [0.3, 0.4) is 0 Å². The lowest BCUT2D eigenvalue weighted by molar-refractivity contribution is -0.119. The van der Waals surface area contributed by atoms with Crippen molar-refractivity contribution in [1.29, 1.82) is 0 Å². The number of carbonyl (C=O) groups excluding carboxylic acids is 2. The van der Waals surface area contributed by atoms with E-state index in [-0.39, 0.29) is 17.9 Å². The van der Waals surface area contributed by atoms with Gasteiger partial charge in [-0.1, -0.05) is 12.1 Å². The van der Waals surface area contributed by atoms with Gasteiger partial charge in [0.15, 0.2) is 0 Å². The fourth-order valence-electron chi connectivity index (χ4n) is 2.38. The quantitative estimate of drug-likeness (QED) is 0.907. The number of methoxy groups -OCH3 is 1. The molecule has 1 aliphatic rings. The van der Waals surface area contributed by atoms with Crippen LogP contribution < -0.4 is 15.4 Å². The Hall–Kier alpha value is -2.41. The molecular formula is C15H15N3O3S. The summed E-state index contributed by atoms with van der Waals surface area (Å²) < 4.78 is 9.08. The maximum absolute atomic E-state index is 12.2. The molecule has 2 N–H and O–H groups in total. The molecule has 0 bridgehead atoms. The molecular weight excluding hydrogens is 302 g/mol. The number of nitrogens with one attached hydrogen (secondary N) is 2. The number of hydrogen-bond acceptors (Lipinski definition) is 5. The highest BCUT2D eigenvalue weighted by Crippen LogP contribution is 2.26. The summed E-state index contributed by atoms with van der Waals surface area (Å²) in [5.41, 5.74) is 2.11. The number of carbonyl (C=O) groups is 2. The van der Waals surface area contributed by atoms with Crippen LogP contribution in [-0.4, -0.2) is 23.3 Å². The van der Waals surface area contributed by atoms with E-state index < -0.39 is 0 Å². The molecule has 1 unspecified atom stereocenters. The number of amides is 2. The third-order valence-electron chi connectivity index (χ3n) is 3.55. The van der Waals surface area contributed by atoms with Crippen molar-refractivity contribution < 1.29 is 14.3 Å². The van der Waals surface area contributed by atoms with Crippen molar-refractivity contribution >= 4 is 29.0 Å². The molecule has 2 aromatic rings. The summed E-state index contributed by atoms with van der Waals surface area (Å²) >= 11 is 1.22. The molecule has 1 aromatic carbocycles. The molecule has 0 radical (unpaired) electrons. The van der Waals surface area contributed by atoms with Crippen LogP contribution in [0.2, 0.25) is 0 Å². The Labute approximate surface area is 131 Å². The summed E-state index contributed by atoms with van der Waals surface area (Å²) in [5.74, 6) is 0.257. The van der Waals surface area contributed by atoms with E-state index in [1.807, 2.05) is 12.1 Å². The molecule has 0 saturated carbocycles. The van der Waals surface area contributed by atoms with Crippen LogP contribution in [0.4, 0.5) is 5.69 Å². The lowest BCUT2D eigenvalue weighted by Gasteiger charge is -2.11. The minimum absolute atomic E-state index is 0.0470. The lowest BCUT2D eigenvalue weighted by atomic mass is 10.0. The van der Waals surface area contributed by atoms with Gasteiger partial charge in [0.1, 0.15) is 5.69 Å². The zero-order valence-corrected chi connectivity index (χ0v) is 12.8. The fourth-order valence-corrected chi connectivity index (χ4v) is 2.97. The van der Waals surface area contributed by atoms with Crippen LogP contribution in [0.15, 0.2) is 29.6 Å². The highest BCUT2D eigenvalue weighted by atomic mass is 32.1. The van der Waals surface area contributed by atoms with Crippen molar-refractivity contribution in [3.8, 4) is 5.88 Å². The van der Waals surface area contributed by atoms with E-state index in [0.717, 1.165) is 12.0 Å². The first-order chi connectivity index (χ1) is 10.7. The Bertz CT molecular complexity index is 696. The molecule has 7 heteroatoms. The Morgan fingerprint density at radius 2 is 2.18 bits per heavy atom. The van der Waals surface area contributed by atoms with Crippen LogP contribution >= 0.6 is 11.5 Å². The fraction of sp³-hybridized carbons (Fsp3) is 0.267. The van der Waals surface area contributed by atoms with Gasteiger partial charge < -0.3 is 15.4 Å². The summed E-state index contributed by atoms with van der Waals surface area (Å²) in [7, 11) is 1.51. The van der Waals surface area contributed by atoms with E-state index in [1.54, 1.807) is 17.5 Å². The monoisotopic (exact) mass is 317 g/mol. The van der Waals surface area contributed by atoms with E-state index in [4.69, 9.17) is 4.74 Å². The standard InChI is InChI=1S/C15H15N3O3S/c1-21-15-12(8-22-18-15)17-14(20)10-4-2-9(3-5-10)11-6-7-13(19)16-11/h2-5,8,11H,6-7H2,1H3,(H,16,19)(H,17,20). The number of rotatable bonds is 4. The molecule has 114 valence electrons. The average molecular weight is 317 g/mol. The van der Waals surface area contributed by atoms with Gasteiger partial charge in [0.2, 0.25) is 11.8 Å². The predicted molar refractivity (Wildman–Crippen MR) is 83.2 cm³/mol. The van der Waals surface area contributed by atoms with Crippen molar-refractivity contribution in [3.63, 3.8) is 0 Å². The molecule has 22 heavy (non-hydrogen) atoms. The Morgan fingerprint density at radius 1 is 1.41 bits per heavy atom. The van der Waals surface area contributed by atoms with Crippen molar-refractivity contribution in [3.05, 3.63) is 40.8 Å². The Balaban J connectivity index is 1.70. The van der Waals surface area contributed by atoms with Gasteiger partial charge >= 0.3 is 0 Å². The van der Waals surface area contributed by atoms with Gasteiger partial charge in [-0.2, -0.15) is 4.37 Å². The molecule has 0 spiro atoms. The van der Waals surface area contributed by atoms with Gasteiger partial charge in [-0.05, 0) is 35.6 Å². The SMILES string of the molecule is COc1nscc1NC(=O)c1ccc(C2CCC(=O)N2)cc1. The highest BCUT2D eigenvalue weighted by Gasteiger charge is 2.22. The average Bonchev–Trinajstić information content (AvgIpc) is 3.16. The van der Waals surface area contributed by atoms with Crippen molar-refractivity contribution in [2.24, 2.45) is 0 Å². The zero-order chi connectivity index (χ0) is 15.5. The second-order valence-electron chi connectivity index (χ2n) is 4.97. The van der Waals surface area contributed by atoms with Gasteiger partial charge in [-0.25, -0.2) is 0 Å². The summed E-state index contributed by atoms with van der Waals surface area (Å²) in [5, 5.41) is 7.40. The molecule has 6 nitrogen and oxygen atoms in total. The third kappa shape index (κ3) is 2.94. The van der Waals surface area contributed by atoms with E-state index >= 15 is 0 Å². The van der Waals surface area contributed by atoms with Gasteiger partial charge in [-0.15, -0.1) is 0 Å². The van der Waals surface area contributed by atoms with E-state index in [2.05, 4.69) is 15.0 Å². The maximum atomic E-state index is 12.2.